The van der Waals surface area contributed by atoms with Crippen molar-refractivity contribution in [3.05, 3.63) is 78.8 Å². The second-order valence-corrected chi connectivity index (χ2v) is 7.01. The van der Waals surface area contributed by atoms with Gasteiger partial charge in [-0.15, -0.1) is 0 Å². The predicted octanol–water partition coefficient (Wildman–Crippen LogP) is 3.76. The third kappa shape index (κ3) is 4.55. The molecule has 28 heavy (non-hydrogen) atoms. The van der Waals surface area contributed by atoms with Crippen molar-refractivity contribution in [2.24, 2.45) is 0 Å². The molecule has 1 fully saturated rings. The molecule has 0 bridgehead atoms. The number of ether oxygens (including phenoxy) is 1. The van der Waals surface area contributed by atoms with Gasteiger partial charge in [0.15, 0.2) is 0 Å². The van der Waals surface area contributed by atoms with E-state index in [2.05, 4.69) is 34.2 Å². The molecular formula is C23H23N3O2. The van der Waals surface area contributed by atoms with Gasteiger partial charge in [-0.2, -0.15) is 0 Å². The molecule has 5 heteroatoms. The van der Waals surface area contributed by atoms with Crippen LogP contribution in [-0.4, -0.2) is 40.0 Å². The van der Waals surface area contributed by atoms with E-state index in [-0.39, 0.29) is 12.0 Å². The molecule has 1 atom stereocenters. The van der Waals surface area contributed by atoms with Crippen LogP contribution in [0.25, 0.3) is 11.1 Å². The monoisotopic (exact) mass is 373 g/mol. The number of likely N-dealkylation sites (tertiary alicyclic amines) is 1. The average Bonchev–Trinajstić information content (AvgIpc) is 2.76. The Morgan fingerprint density at radius 2 is 1.82 bits per heavy atom. The summed E-state index contributed by atoms with van der Waals surface area (Å²) in [5, 5.41) is 0. The molecule has 5 nitrogen and oxygen atoms in total. The summed E-state index contributed by atoms with van der Waals surface area (Å²) >= 11 is 0. The van der Waals surface area contributed by atoms with Crippen LogP contribution in [0.3, 0.4) is 0 Å². The molecule has 0 radical (unpaired) electrons. The molecular weight excluding hydrogens is 350 g/mol. The van der Waals surface area contributed by atoms with E-state index in [0.29, 0.717) is 18.8 Å². The lowest BCUT2D eigenvalue weighted by molar-refractivity contribution is -0.133. The van der Waals surface area contributed by atoms with Crippen LogP contribution in [0.1, 0.15) is 18.4 Å². The van der Waals surface area contributed by atoms with Crippen molar-refractivity contribution in [3.63, 3.8) is 0 Å². The number of hydrogen-bond acceptors (Lipinski definition) is 4. The molecule has 0 aliphatic carbocycles. The molecule has 142 valence electrons. The summed E-state index contributed by atoms with van der Waals surface area (Å²) < 4.78 is 5.88. The second kappa shape index (κ2) is 8.65. The average molecular weight is 373 g/mol. The van der Waals surface area contributed by atoms with Crippen molar-refractivity contribution < 1.29 is 9.53 Å². The van der Waals surface area contributed by atoms with Crippen molar-refractivity contribution in [1.82, 2.24) is 14.9 Å². The van der Waals surface area contributed by atoms with Crippen LogP contribution in [0.15, 0.2) is 73.2 Å². The molecule has 4 rings (SSSR count). The number of hydrogen-bond donors (Lipinski definition) is 0. The van der Waals surface area contributed by atoms with E-state index < -0.39 is 0 Å². The number of rotatable bonds is 5. The molecule has 2 aromatic carbocycles. The first kappa shape index (κ1) is 18.2. The van der Waals surface area contributed by atoms with Crippen LogP contribution >= 0.6 is 0 Å². The molecule has 0 saturated carbocycles. The quantitative estimate of drug-likeness (QED) is 0.683. The Hall–Kier alpha value is -3.21. The maximum atomic E-state index is 12.8. The maximum Gasteiger partial charge on any atom is 0.232 e. The van der Waals surface area contributed by atoms with E-state index in [1.807, 2.05) is 35.2 Å². The first-order valence-electron chi connectivity index (χ1n) is 9.63. The van der Waals surface area contributed by atoms with Gasteiger partial charge in [-0.25, -0.2) is 4.98 Å². The first-order valence-corrected chi connectivity index (χ1v) is 9.63. The van der Waals surface area contributed by atoms with Crippen molar-refractivity contribution in [1.29, 1.82) is 0 Å². The van der Waals surface area contributed by atoms with E-state index in [0.717, 1.165) is 30.5 Å². The standard InChI is InChI=1S/C23H23N3O2/c27-23(15-18-8-10-20(11-9-18)19-5-2-1-3-6-19)26-14-4-7-21(17-26)28-22-16-24-12-13-25-22/h1-3,5-6,8-13,16,21H,4,7,14-15,17H2. The minimum absolute atomic E-state index is 0.0325. The van der Waals surface area contributed by atoms with Gasteiger partial charge in [0.05, 0.1) is 19.2 Å². The molecule has 3 aromatic rings. The highest BCUT2D eigenvalue weighted by molar-refractivity contribution is 5.79. The van der Waals surface area contributed by atoms with Gasteiger partial charge in [-0.1, -0.05) is 54.6 Å². The summed E-state index contributed by atoms with van der Waals surface area (Å²) in [6.07, 6.45) is 7.07. The van der Waals surface area contributed by atoms with Crippen molar-refractivity contribution in [2.75, 3.05) is 13.1 Å². The Morgan fingerprint density at radius 3 is 2.57 bits per heavy atom. The third-order valence-electron chi connectivity index (χ3n) is 4.97. The molecule has 1 aliphatic heterocycles. The molecule has 0 spiro atoms. The SMILES string of the molecule is O=C(Cc1ccc(-c2ccccc2)cc1)N1CCCC(Oc2cnccn2)C1. The van der Waals surface area contributed by atoms with Gasteiger partial charge in [0.25, 0.3) is 0 Å². The lowest BCUT2D eigenvalue weighted by Gasteiger charge is -2.32. The van der Waals surface area contributed by atoms with Gasteiger partial charge in [0.1, 0.15) is 6.10 Å². The van der Waals surface area contributed by atoms with Gasteiger partial charge in [-0.3, -0.25) is 9.78 Å². The van der Waals surface area contributed by atoms with Gasteiger partial charge in [0, 0.05) is 18.9 Å². The van der Waals surface area contributed by atoms with Crippen molar-refractivity contribution >= 4 is 5.91 Å². The van der Waals surface area contributed by atoms with Crippen LogP contribution in [0.4, 0.5) is 0 Å². The fraction of sp³-hybridized carbons (Fsp3) is 0.261. The van der Waals surface area contributed by atoms with Gasteiger partial charge in [-0.05, 0) is 29.5 Å². The van der Waals surface area contributed by atoms with Crippen LogP contribution < -0.4 is 4.74 Å². The minimum Gasteiger partial charge on any atom is -0.471 e. The van der Waals surface area contributed by atoms with Crippen LogP contribution in [0, 0.1) is 0 Å². The topological polar surface area (TPSA) is 55.3 Å². The normalized spacial score (nSPS) is 16.6. The highest BCUT2D eigenvalue weighted by Crippen LogP contribution is 2.21. The Morgan fingerprint density at radius 1 is 1.04 bits per heavy atom. The number of piperidine rings is 1. The summed E-state index contributed by atoms with van der Waals surface area (Å²) in [5.74, 6) is 0.651. The molecule has 1 saturated heterocycles. The fourth-order valence-electron chi connectivity index (χ4n) is 3.51. The fourth-order valence-corrected chi connectivity index (χ4v) is 3.51. The van der Waals surface area contributed by atoms with E-state index in [1.165, 1.54) is 5.56 Å². The van der Waals surface area contributed by atoms with E-state index in [1.54, 1.807) is 18.6 Å². The molecule has 1 amide bonds. The van der Waals surface area contributed by atoms with E-state index >= 15 is 0 Å². The first-order chi connectivity index (χ1) is 13.8. The Bertz CT molecular complexity index is 898. The zero-order chi connectivity index (χ0) is 19.2. The van der Waals surface area contributed by atoms with Crippen molar-refractivity contribution in [3.8, 4) is 17.0 Å². The predicted molar refractivity (Wildman–Crippen MR) is 108 cm³/mol. The maximum absolute atomic E-state index is 12.8. The minimum atomic E-state index is -0.0325. The molecule has 0 N–H and O–H groups in total. The lowest BCUT2D eigenvalue weighted by atomic mass is 10.0. The van der Waals surface area contributed by atoms with Crippen LogP contribution in [-0.2, 0) is 11.2 Å². The molecule has 1 unspecified atom stereocenters. The number of benzene rings is 2. The summed E-state index contributed by atoms with van der Waals surface area (Å²) in [6, 6.07) is 18.5. The third-order valence-corrected chi connectivity index (χ3v) is 4.97. The molecule has 1 aromatic heterocycles. The van der Waals surface area contributed by atoms with Gasteiger partial charge >= 0.3 is 0 Å². The number of aromatic nitrogens is 2. The number of carbonyl (C=O) groups is 1. The van der Waals surface area contributed by atoms with Gasteiger partial charge in [0.2, 0.25) is 11.8 Å². The van der Waals surface area contributed by atoms with E-state index in [9.17, 15) is 4.79 Å². The Kier molecular flexibility index (Phi) is 5.61. The summed E-state index contributed by atoms with van der Waals surface area (Å²) in [5.41, 5.74) is 3.37. The Labute approximate surface area is 165 Å². The largest absolute Gasteiger partial charge is 0.471 e. The summed E-state index contributed by atoms with van der Waals surface area (Å²) in [7, 11) is 0. The number of amides is 1. The Balaban J connectivity index is 1.35. The molecule has 1 aliphatic rings. The highest BCUT2D eigenvalue weighted by Gasteiger charge is 2.25. The lowest BCUT2D eigenvalue weighted by Crippen LogP contribution is -2.45. The summed E-state index contributed by atoms with van der Waals surface area (Å²) in [4.78, 5) is 22.8. The zero-order valence-corrected chi connectivity index (χ0v) is 15.7. The summed E-state index contributed by atoms with van der Waals surface area (Å²) in [6.45, 7) is 1.37. The van der Waals surface area contributed by atoms with Crippen LogP contribution in [0.2, 0.25) is 0 Å². The smallest absolute Gasteiger partial charge is 0.232 e. The van der Waals surface area contributed by atoms with Gasteiger partial charge < -0.3 is 9.64 Å². The van der Waals surface area contributed by atoms with Crippen molar-refractivity contribution in [2.45, 2.75) is 25.4 Å². The molecule has 2 heterocycles. The van der Waals surface area contributed by atoms with Crippen LogP contribution in [0.5, 0.6) is 5.88 Å². The zero-order valence-electron chi connectivity index (χ0n) is 15.7. The highest BCUT2D eigenvalue weighted by atomic mass is 16.5. The number of nitrogens with zero attached hydrogens (tertiary/aromatic N) is 3. The van der Waals surface area contributed by atoms with E-state index in [4.69, 9.17) is 4.74 Å². The number of carbonyl (C=O) groups excluding carboxylic acids is 1. The second-order valence-electron chi connectivity index (χ2n) is 7.01.